The highest BCUT2D eigenvalue weighted by Gasteiger charge is 2.27. The predicted octanol–water partition coefficient (Wildman–Crippen LogP) is 5.37. The maximum atomic E-state index is 12.9. The van der Waals surface area contributed by atoms with Gasteiger partial charge in [-0.05, 0) is 43.2 Å². The van der Waals surface area contributed by atoms with Gasteiger partial charge in [-0.2, -0.15) is 0 Å². The Morgan fingerprint density at radius 2 is 1.59 bits per heavy atom. The summed E-state index contributed by atoms with van der Waals surface area (Å²) in [4.78, 5) is 25.6. The molecule has 6 nitrogen and oxygen atoms in total. The van der Waals surface area contributed by atoms with Crippen molar-refractivity contribution in [2.45, 2.75) is 13.8 Å². The van der Waals surface area contributed by atoms with Gasteiger partial charge in [0.25, 0.3) is 5.91 Å². The minimum Gasteiger partial charge on any atom is -0.495 e. The average Bonchev–Trinajstić information content (AvgIpc) is 3.12. The number of rotatable bonds is 6. The van der Waals surface area contributed by atoms with E-state index in [2.05, 4.69) is 22.0 Å². The van der Waals surface area contributed by atoms with E-state index in [4.69, 9.17) is 9.47 Å². The fourth-order valence-electron chi connectivity index (χ4n) is 4.55. The molecular weight excluding hydrogens is 428 g/mol. The Hall–Kier alpha value is -4.06. The molecule has 4 aromatic rings. The van der Waals surface area contributed by atoms with Crippen LogP contribution in [-0.2, 0) is 11.8 Å². The Balaban J connectivity index is 2.16. The van der Waals surface area contributed by atoms with E-state index in [0.29, 0.717) is 23.4 Å². The molecule has 1 heterocycles. The number of carbonyl (C=O) groups is 2. The van der Waals surface area contributed by atoms with Crippen molar-refractivity contribution < 1.29 is 19.1 Å². The molecule has 3 aromatic carbocycles. The molecule has 0 saturated heterocycles. The summed E-state index contributed by atoms with van der Waals surface area (Å²) in [5, 5.41) is 3.92. The van der Waals surface area contributed by atoms with Gasteiger partial charge in [-0.25, -0.2) is 4.79 Å². The van der Waals surface area contributed by atoms with Gasteiger partial charge >= 0.3 is 5.97 Å². The van der Waals surface area contributed by atoms with Gasteiger partial charge in [0.05, 0.1) is 14.2 Å². The van der Waals surface area contributed by atoms with Crippen LogP contribution >= 0.6 is 0 Å². The lowest BCUT2D eigenvalue weighted by molar-refractivity contribution is 0.0597. The lowest BCUT2D eigenvalue weighted by atomic mass is 9.88. The highest BCUT2D eigenvalue weighted by Crippen LogP contribution is 2.47. The van der Waals surface area contributed by atoms with E-state index in [9.17, 15) is 9.59 Å². The fourth-order valence-corrected chi connectivity index (χ4v) is 4.55. The van der Waals surface area contributed by atoms with E-state index in [1.807, 2.05) is 57.3 Å². The first-order valence-electron chi connectivity index (χ1n) is 11.2. The number of esters is 1. The molecule has 6 heteroatoms. The number of nitrogens with zero attached hydrogens (tertiary/aromatic N) is 1. The molecule has 1 aromatic heterocycles. The van der Waals surface area contributed by atoms with Crippen LogP contribution in [0.25, 0.3) is 33.2 Å². The van der Waals surface area contributed by atoms with Crippen molar-refractivity contribution in [2.75, 3.05) is 20.8 Å². The summed E-state index contributed by atoms with van der Waals surface area (Å²) in [5.74, 6) is -0.233. The van der Waals surface area contributed by atoms with Crippen LogP contribution in [-0.4, -0.2) is 37.2 Å². The molecule has 0 aliphatic rings. The summed E-state index contributed by atoms with van der Waals surface area (Å²) in [5.41, 5.74) is 6.19. The van der Waals surface area contributed by atoms with Crippen molar-refractivity contribution in [3.63, 3.8) is 0 Å². The van der Waals surface area contributed by atoms with Crippen molar-refractivity contribution in [1.29, 1.82) is 0 Å². The third-order valence-electron chi connectivity index (χ3n) is 6.22. The van der Waals surface area contributed by atoms with Crippen molar-refractivity contribution in [1.82, 2.24) is 9.88 Å². The summed E-state index contributed by atoms with van der Waals surface area (Å²) in [7, 11) is 4.91. The molecule has 0 radical (unpaired) electrons. The number of benzene rings is 3. The minimum atomic E-state index is -0.487. The number of nitrogens with one attached hydrogen (secondary N) is 1. The molecular formula is C28H28N2O4. The second-order valence-corrected chi connectivity index (χ2v) is 8.00. The Morgan fingerprint density at radius 3 is 2.29 bits per heavy atom. The summed E-state index contributed by atoms with van der Waals surface area (Å²) in [6, 6.07) is 19.1. The largest absolute Gasteiger partial charge is 0.495 e. The number of aryl methyl sites for hydroxylation is 1. The number of para-hydroxylation sites is 1. The number of hydrogen-bond acceptors (Lipinski definition) is 4. The number of ether oxygens (including phenoxy) is 2. The standard InChI is InChI=1S/C28H28N2O4/c1-6-29-27(31)20-12-8-7-11-18(20)19-15-16-22(28(32)34-5)26(33-4)25(19)24-17(2)30(3)23-14-10-9-13-21(23)24/h7-16H,6H2,1-5H3,(H,29,31). The third kappa shape index (κ3) is 3.71. The van der Waals surface area contributed by atoms with Crippen LogP contribution in [0, 0.1) is 6.92 Å². The predicted molar refractivity (Wildman–Crippen MR) is 134 cm³/mol. The highest BCUT2D eigenvalue weighted by atomic mass is 16.5. The highest BCUT2D eigenvalue weighted by molar-refractivity contribution is 6.10. The number of hydrogen-bond donors (Lipinski definition) is 1. The van der Waals surface area contributed by atoms with Crippen LogP contribution in [0.1, 0.15) is 33.3 Å². The van der Waals surface area contributed by atoms with Gasteiger partial charge in [-0.3, -0.25) is 4.79 Å². The number of fused-ring (bicyclic) bond motifs is 1. The molecule has 0 atom stereocenters. The van der Waals surface area contributed by atoms with Crippen LogP contribution in [0.4, 0.5) is 0 Å². The average molecular weight is 457 g/mol. The Kier molecular flexibility index (Phi) is 6.41. The molecule has 174 valence electrons. The van der Waals surface area contributed by atoms with Crippen LogP contribution in [0.2, 0.25) is 0 Å². The summed E-state index contributed by atoms with van der Waals surface area (Å²) in [6.45, 7) is 4.45. The van der Waals surface area contributed by atoms with Crippen LogP contribution in [0.15, 0.2) is 60.7 Å². The zero-order valence-electron chi connectivity index (χ0n) is 20.1. The number of aromatic nitrogens is 1. The van der Waals surface area contributed by atoms with E-state index in [1.54, 1.807) is 19.2 Å². The Morgan fingerprint density at radius 1 is 0.882 bits per heavy atom. The SMILES string of the molecule is CCNC(=O)c1ccccc1-c1ccc(C(=O)OC)c(OC)c1-c1c(C)n(C)c2ccccc12. The zero-order chi connectivity index (χ0) is 24.4. The van der Waals surface area contributed by atoms with Gasteiger partial charge < -0.3 is 19.4 Å². The van der Waals surface area contributed by atoms with E-state index < -0.39 is 5.97 Å². The van der Waals surface area contributed by atoms with Crippen molar-refractivity contribution in [2.24, 2.45) is 7.05 Å². The lowest BCUT2D eigenvalue weighted by Gasteiger charge is -2.19. The number of methoxy groups -OCH3 is 2. The van der Waals surface area contributed by atoms with Gasteiger partial charge in [-0.15, -0.1) is 0 Å². The van der Waals surface area contributed by atoms with Crippen molar-refractivity contribution in [3.05, 3.63) is 77.5 Å². The molecule has 0 fully saturated rings. The molecule has 0 saturated carbocycles. The summed E-state index contributed by atoms with van der Waals surface area (Å²) >= 11 is 0. The zero-order valence-corrected chi connectivity index (χ0v) is 20.1. The first-order valence-corrected chi connectivity index (χ1v) is 11.2. The Bertz CT molecular complexity index is 1400. The summed E-state index contributed by atoms with van der Waals surface area (Å²) < 4.78 is 13.0. The molecule has 0 aliphatic heterocycles. The van der Waals surface area contributed by atoms with E-state index in [0.717, 1.165) is 38.9 Å². The second-order valence-electron chi connectivity index (χ2n) is 8.00. The van der Waals surface area contributed by atoms with Crippen LogP contribution in [0.5, 0.6) is 5.75 Å². The quantitative estimate of drug-likeness (QED) is 0.396. The first kappa shape index (κ1) is 23.1. The first-order chi connectivity index (χ1) is 16.4. The monoisotopic (exact) mass is 456 g/mol. The third-order valence-corrected chi connectivity index (χ3v) is 6.22. The van der Waals surface area contributed by atoms with Gasteiger partial charge in [-0.1, -0.05) is 42.5 Å². The molecule has 0 unspecified atom stereocenters. The summed E-state index contributed by atoms with van der Waals surface area (Å²) in [6.07, 6.45) is 0. The molecule has 4 rings (SSSR count). The van der Waals surface area contributed by atoms with Gasteiger partial charge in [0, 0.05) is 46.9 Å². The topological polar surface area (TPSA) is 69.6 Å². The molecule has 0 bridgehead atoms. The molecule has 0 spiro atoms. The fraction of sp³-hybridized carbons (Fsp3) is 0.214. The van der Waals surface area contributed by atoms with Crippen LogP contribution in [0.3, 0.4) is 0 Å². The van der Waals surface area contributed by atoms with Crippen molar-refractivity contribution >= 4 is 22.8 Å². The van der Waals surface area contributed by atoms with E-state index in [1.165, 1.54) is 7.11 Å². The van der Waals surface area contributed by atoms with E-state index in [-0.39, 0.29) is 5.91 Å². The van der Waals surface area contributed by atoms with Gasteiger partial charge in [0.15, 0.2) is 0 Å². The maximum absolute atomic E-state index is 12.9. The Labute approximate surface area is 199 Å². The second kappa shape index (κ2) is 9.43. The molecule has 34 heavy (non-hydrogen) atoms. The molecule has 1 amide bonds. The van der Waals surface area contributed by atoms with Crippen molar-refractivity contribution in [3.8, 4) is 28.0 Å². The molecule has 0 aliphatic carbocycles. The van der Waals surface area contributed by atoms with Crippen LogP contribution < -0.4 is 10.1 Å². The number of amides is 1. The smallest absolute Gasteiger partial charge is 0.341 e. The molecule has 1 N–H and O–H groups in total. The van der Waals surface area contributed by atoms with E-state index >= 15 is 0 Å². The number of carbonyl (C=O) groups excluding carboxylic acids is 2. The van der Waals surface area contributed by atoms with Gasteiger partial charge in [0.1, 0.15) is 11.3 Å². The normalized spacial score (nSPS) is 10.9. The minimum absolute atomic E-state index is 0.158. The van der Waals surface area contributed by atoms with Gasteiger partial charge in [0.2, 0.25) is 0 Å². The maximum Gasteiger partial charge on any atom is 0.341 e. The lowest BCUT2D eigenvalue weighted by Crippen LogP contribution is -2.23.